The highest BCUT2D eigenvalue weighted by molar-refractivity contribution is 7.99. The Hall–Kier alpha value is -0.710. The molecule has 2 atom stereocenters. The van der Waals surface area contributed by atoms with Crippen LogP contribution in [0.25, 0.3) is 0 Å². The van der Waals surface area contributed by atoms with Gasteiger partial charge in [-0.15, -0.1) is 10.2 Å². The smallest absolute Gasteiger partial charge is 0.210 e. The molecule has 0 aromatic carbocycles. The predicted octanol–water partition coefficient (Wildman–Crippen LogP) is 1.55. The van der Waals surface area contributed by atoms with E-state index >= 15 is 0 Å². The number of fused-ring (bicyclic) bond motifs is 2. The number of nitrogens with one attached hydrogen (secondary N) is 1. The molecule has 0 bridgehead atoms. The number of rotatable bonds is 0. The summed E-state index contributed by atoms with van der Waals surface area (Å²) in [7, 11) is 0. The van der Waals surface area contributed by atoms with Crippen molar-refractivity contribution >= 4 is 11.8 Å². The second-order valence-corrected chi connectivity index (χ2v) is 5.25. The lowest BCUT2D eigenvalue weighted by Gasteiger charge is -2.36. The molecule has 3 rings (SSSR count). The Morgan fingerprint density at radius 3 is 3.14 bits per heavy atom. The van der Waals surface area contributed by atoms with Gasteiger partial charge in [0.15, 0.2) is 0 Å². The third-order valence-electron chi connectivity index (χ3n) is 3.05. The number of hydrogen-bond acceptors (Lipinski definition) is 4. The molecule has 5 heteroatoms. The van der Waals surface area contributed by atoms with Gasteiger partial charge in [0.05, 0.1) is 6.04 Å². The number of hydrogen-bond donors (Lipinski definition) is 1. The molecular weight excluding hydrogens is 196 g/mol. The minimum atomic E-state index is 0.621. The topological polar surface area (TPSA) is 42.7 Å². The van der Waals surface area contributed by atoms with E-state index in [-0.39, 0.29) is 0 Å². The molecule has 1 aromatic heterocycles. The van der Waals surface area contributed by atoms with Gasteiger partial charge in [0.1, 0.15) is 5.82 Å². The van der Waals surface area contributed by atoms with Gasteiger partial charge in [-0.1, -0.05) is 24.6 Å². The molecule has 1 saturated carbocycles. The molecule has 4 nitrogen and oxygen atoms in total. The molecule has 1 aliphatic heterocycles. The molecule has 2 unspecified atom stereocenters. The fourth-order valence-corrected chi connectivity index (χ4v) is 3.55. The quantitative estimate of drug-likeness (QED) is 0.705. The molecule has 2 heterocycles. The molecule has 76 valence electrons. The Kier molecular flexibility index (Phi) is 1.93. The average molecular weight is 210 g/mol. The molecule has 2 aliphatic rings. The van der Waals surface area contributed by atoms with Gasteiger partial charge in [0.2, 0.25) is 5.16 Å². The van der Waals surface area contributed by atoms with Gasteiger partial charge in [-0.2, -0.15) is 0 Å². The number of aromatic nitrogens is 3. The second kappa shape index (κ2) is 3.15. The van der Waals surface area contributed by atoms with E-state index in [1.165, 1.54) is 25.7 Å². The zero-order valence-corrected chi connectivity index (χ0v) is 9.05. The van der Waals surface area contributed by atoms with Crippen LogP contribution in [0.3, 0.4) is 0 Å². The van der Waals surface area contributed by atoms with Gasteiger partial charge in [-0.25, -0.2) is 4.68 Å². The third-order valence-corrected chi connectivity index (χ3v) is 4.39. The van der Waals surface area contributed by atoms with E-state index < -0.39 is 0 Å². The van der Waals surface area contributed by atoms with Crippen molar-refractivity contribution in [2.75, 3.05) is 5.43 Å². The van der Waals surface area contributed by atoms with Crippen molar-refractivity contribution in [3.05, 3.63) is 5.82 Å². The van der Waals surface area contributed by atoms with Crippen LogP contribution in [0.5, 0.6) is 0 Å². The van der Waals surface area contributed by atoms with E-state index in [9.17, 15) is 0 Å². The van der Waals surface area contributed by atoms with Gasteiger partial charge >= 0.3 is 0 Å². The van der Waals surface area contributed by atoms with Gasteiger partial charge < -0.3 is 5.43 Å². The van der Waals surface area contributed by atoms with Crippen molar-refractivity contribution in [2.24, 2.45) is 0 Å². The monoisotopic (exact) mass is 210 g/mol. The summed E-state index contributed by atoms with van der Waals surface area (Å²) < 4.78 is 2.04. The Morgan fingerprint density at radius 2 is 2.21 bits per heavy atom. The Morgan fingerprint density at radius 1 is 1.36 bits per heavy atom. The third kappa shape index (κ3) is 1.22. The summed E-state index contributed by atoms with van der Waals surface area (Å²) in [5, 5.41) is 9.99. The van der Waals surface area contributed by atoms with Crippen LogP contribution in [0.15, 0.2) is 5.16 Å². The molecule has 1 aromatic rings. The van der Waals surface area contributed by atoms with Gasteiger partial charge in [-0.3, -0.25) is 0 Å². The lowest BCUT2D eigenvalue weighted by atomic mass is 9.95. The second-order valence-electron chi connectivity index (χ2n) is 4.04. The van der Waals surface area contributed by atoms with Crippen molar-refractivity contribution in [2.45, 2.75) is 49.1 Å². The van der Waals surface area contributed by atoms with E-state index in [1.54, 1.807) is 0 Å². The van der Waals surface area contributed by atoms with Crippen LogP contribution >= 0.6 is 11.8 Å². The first-order chi connectivity index (χ1) is 6.84. The highest BCUT2D eigenvalue weighted by Crippen LogP contribution is 2.36. The van der Waals surface area contributed by atoms with Crippen LogP contribution in [-0.4, -0.2) is 26.2 Å². The zero-order chi connectivity index (χ0) is 9.54. The lowest BCUT2D eigenvalue weighted by molar-refractivity contribution is 0.429. The maximum atomic E-state index is 4.16. The van der Waals surface area contributed by atoms with Crippen molar-refractivity contribution in [3.8, 4) is 0 Å². The van der Waals surface area contributed by atoms with Gasteiger partial charge in [0.25, 0.3) is 0 Å². The summed E-state index contributed by atoms with van der Waals surface area (Å²) >= 11 is 1.89. The highest BCUT2D eigenvalue weighted by atomic mass is 32.2. The number of thioether (sulfide) groups is 1. The molecule has 1 fully saturated rings. The normalized spacial score (nSPS) is 30.4. The zero-order valence-electron chi connectivity index (χ0n) is 8.23. The van der Waals surface area contributed by atoms with E-state index in [1.807, 2.05) is 23.4 Å². The molecule has 0 radical (unpaired) electrons. The largest absolute Gasteiger partial charge is 0.318 e. The molecule has 0 saturated heterocycles. The van der Waals surface area contributed by atoms with Crippen LogP contribution in [0, 0.1) is 6.92 Å². The standard InChI is InChI=1S/C9H14N4S/c1-6-10-11-9-13(6)12-7-4-2-3-5-8(7)14-9/h7-8,12H,2-5H2,1H3. The summed E-state index contributed by atoms with van der Waals surface area (Å²) in [6.45, 7) is 1.99. The van der Waals surface area contributed by atoms with Crippen LogP contribution < -0.4 is 5.43 Å². The molecule has 1 aliphatic carbocycles. The molecular formula is C9H14N4S. The Labute approximate surface area is 87.4 Å². The maximum Gasteiger partial charge on any atom is 0.210 e. The van der Waals surface area contributed by atoms with Crippen LogP contribution in [0.4, 0.5) is 0 Å². The number of aryl methyl sites for hydroxylation is 1. The van der Waals surface area contributed by atoms with Crippen molar-refractivity contribution < 1.29 is 0 Å². The van der Waals surface area contributed by atoms with E-state index in [0.29, 0.717) is 11.3 Å². The summed E-state index contributed by atoms with van der Waals surface area (Å²) in [6, 6.07) is 0.621. The predicted molar refractivity (Wildman–Crippen MR) is 56.0 cm³/mol. The van der Waals surface area contributed by atoms with Crippen molar-refractivity contribution in [1.82, 2.24) is 14.9 Å². The van der Waals surface area contributed by atoms with Crippen LogP contribution in [0.2, 0.25) is 0 Å². The first-order valence-electron chi connectivity index (χ1n) is 5.20. The minimum Gasteiger partial charge on any atom is -0.318 e. The molecule has 14 heavy (non-hydrogen) atoms. The first-order valence-corrected chi connectivity index (χ1v) is 6.08. The summed E-state index contributed by atoms with van der Waals surface area (Å²) in [4.78, 5) is 0. The van der Waals surface area contributed by atoms with E-state index in [4.69, 9.17) is 0 Å². The lowest BCUT2D eigenvalue weighted by Crippen LogP contribution is -2.43. The summed E-state index contributed by atoms with van der Waals surface area (Å²) in [5.74, 6) is 0.969. The molecule has 0 amide bonds. The van der Waals surface area contributed by atoms with E-state index in [2.05, 4.69) is 15.6 Å². The van der Waals surface area contributed by atoms with Crippen molar-refractivity contribution in [3.63, 3.8) is 0 Å². The van der Waals surface area contributed by atoms with Crippen LogP contribution in [-0.2, 0) is 0 Å². The number of nitrogens with zero attached hydrogens (tertiary/aromatic N) is 3. The van der Waals surface area contributed by atoms with Gasteiger partial charge in [0, 0.05) is 5.25 Å². The molecule has 0 spiro atoms. The summed E-state index contributed by atoms with van der Waals surface area (Å²) in [6.07, 6.45) is 5.32. The first kappa shape index (κ1) is 8.59. The Balaban J connectivity index is 1.92. The highest BCUT2D eigenvalue weighted by Gasteiger charge is 2.32. The average Bonchev–Trinajstić information content (AvgIpc) is 2.57. The molecule has 1 N–H and O–H groups in total. The van der Waals surface area contributed by atoms with E-state index in [0.717, 1.165) is 11.0 Å². The van der Waals surface area contributed by atoms with Gasteiger partial charge in [-0.05, 0) is 19.8 Å². The van der Waals surface area contributed by atoms with Crippen molar-refractivity contribution in [1.29, 1.82) is 0 Å². The van der Waals surface area contributed by atoms with Crippen LogP contribution in [0.1, 0.15) is 31.5 Å². The Bertz CT molecular complexity index is 349. The maximum absolute atomic E-state index is 4.16. The minimum absolute atomic E-state index is 0.621. The fourth-order valence-electron chi connectivity index (χ4n) is 2.25. The summed E-state index contributed by atoms with van der Waals surface area (Å²) in [5.41, 5.74) is 3.52. The fraction of sp³-hybridized carbons (Fsp3) is 0.778. The SMILES string of the molecule is Cc1nnc2n1NC1CCCCC1S2.